The smallest absolute Gasteiger partial charge is 0.306 e. The maximum absolute atomic E-state index is 9.99. The minimum atomic E-state index is -3.61. The summed E-state index contributed by atoms with van der Waals surface area (Å²) in [7, 11) is -3.61. The Hall–Kier alpha value is 0.150. The van der Waals surface area contributed by atoms with Gasteiger partial charge in [-0.05, 0) is 11.6 Å². The molecule has 0 aromatic rings. The van der Waals surface area contributed by atoms with E-state index in [1.165, 1.54) is 0 Å². The van der Waals surface area contributed by atoms with Gasteiger partial charge in [0.25, 0.3) is 7.37 Å². The zero-order chi connectivity index (χ0) is 6.08. The first-order valence-corrected chi connectivity index (χ1v) is 3.93. The minimum absolute atomic E-state index is 0.891. The number of halogens is 1. The van der Waals surface area contributed by atoms with E-state index < -0.39 is 12.4 Å². The standard InChI is InChI=1S/C2H4ClO3P/c1-7(5,6)2(3)4/h1H3,(H,5,6). The molecule has 1 atom stereocenters. The maximum Gasteiger partial charge on any atom is 0.306 e. The first-order valence-electron chi connectivity index (χ1n) is 1.45. The van der Waals surface area contributed by atoms with Crippen molar-refractivity contribution >= 4 is 24.0 Å². The van der Waals surface area contributed by atoms with E-state index in [0.717, 1.165) is 6.66 Å². The van der Waals surface area contributed by atoms with Crippen LogP contribution in [0.5, 0.6) is 0 Å². The molecule has 0 aromatic carbocycles. The SMILES string of the molecule is CP(=O)(O)C(=O)Cl. The van der Waals surface area contributed by atoms with Crippen LogP contribution in [0, 0.1) is 0 Å². The van der Waals surface area contributed by atoms with Gasteiger partial charge in [0, 0.05) is 6.66 Å². The van der Waals surface area contributed by atoms with Gasteiger partial charge >= 0.3 is 4.98 Å². The number of hydrogen-bond acceptors (Lipinski definition) is 2. The van der Waals surface area contributed by atoms with Gasteiger partial charge in [-0.2, -0.15) is 0 Å². The summed E-state index contributed by atoms with van der Waals surface area (Å²) < 4.78 is 9.99. The van der Waals surface area contributed by atoms with Gasteiger partial charge in [0.15, 0.2) is 0 Å². The summed E-state index contributed by atoms with van der Waals surface area (Å²) in [5.41, 5.74) is 0. The van der Waals surface area contributed by atoms with Crippen molar-refractivity contribution < 1.29 is 14.3 Å². The molecule has 3 nitrogen and oxygen atoms in total. The number of rotatable bonds is 1. The lowest BCUT2D eigenvalue weighted by molar-refractivity contribution is 0.271. The van der Waals surface area contributed by atoms with E-state index in [1.54, 1.807) is 0 Å². The third kappa shape index (κ3) is 2.80. The maximum atomic E-state index is 9.99. The molecule has 7 heavy (non-hydrogen) atoms. The molecule has 42 valence electrons. The van der Waals surface area contributed by atoms with Gasteiger partial charge in [-0.3, -0.25) is 9.36 Å². The second kappa shape index (κ2) is 1.95. The predicted molar refractivity (Wildman–Crippen MR) is 27.0 cm³/mol. The first kappa shape index (κ1) is 7.15. The monoisotopic (exact) mass is 142 g/mol. The van der Waals surface area contributed by atoms with Crippen molar-refractivity contribution in [2.45, 2.75) is 0 Å². The van der Waals surface area contributed by atoms with E-state index in [9.17, 15) is 9.36 Å². The Morgan fingerprint density at radius 3 is 2.00 bits per heavy atom. The van der Waals surface area contributed by atoms with Crippen molar-refractivity contribution in [2.24, 2.45) is 0 Å². The highest BCUT2D eigenvalue weighted by atomic mass is 35.5. The second-order valence-corrected chi connectivity index (χ2v) is 3.90. The highest BCUT2D eigenvalue weighted by Gasteiger charge is 2.17. The van der Waals surface area contributed by atoms with Crippen molar-refractivity contribution in [1.82, 2.24) is 0 Å². The van der Waals surface area contributed by atoms with Crippen molar-refractivity contribution in [3.05, 3.63) is 0 Å². The molecule has 0 saturated heterocycles. The molecule has 0 fully saturated rings. The van der Waals surface area contributed by atoms with Crippen LogP contribution in [0.2, 0.25) is 0 Å². The fourth-order valence-electron chi connectivity index (χ4n) is 0. The third-order valence-electron chi connectivity index (χ3n) is 0.326. The fraction of sp³-hybridized carbons (Fsp3) is 0.500. The number of carbonyl (C=O) groups is 1. The Kier molecular flexibility index (Phi) is 1.99. The summed E-state index contributed by atoms with van der Waals surface area (Å²) in [6.07, 6.45) is 0. The molecule has 0 aromatic heterocycles. The molecule has 0 aliphatic heterocycles. The van der Waals surface area contributed by atoms with E-state index in [1.807, 2.05) is 0 Å². The van der Waals surface area contributed by atoms with Gasteiger partial charge in [-0.15, -0.1) is 0 Å². The third-order valence-corrected chi connectivity index (χ3v) is 1.92. The molecule has 0 bridgehead atoms. The molecule has 0 aliphatic rings. The molecule has 5 heteroatoms. The highest BCUT2D eigenvalue weighted by molar-refractivity contribution is 7.79. The largest absolute Gasteiger partial charge is 0.338 e. The van der Waals surface area contributed by atoms with Gasteiger partial charge in [0.1, 0.15) is 0 Å². The van der Waals surface area contributed by atoms with E-state index in [0.29, 0.717) is 0 Å². The lowest BCUT2D eigenvalue weighted by atomic mass is 11.8. The molecule has 0 saturated carbocycles. The predicted octanol–water partition coefficient (Wildman–Crippen LogP) is 1.25. The van der Waals surface area contributed by atoms with Crippen LogP contribution >= 0.6 is 19.0 Å². The Labute approximate surface area is 45.7 Å². The van der Waals surface area contributed by atoms with Crippen LogP contribution in [0.25, 0.3) is 0 Å². The molecule has 0 radical (unpaired) electrons. The molecule has 0 spiro atoms. The average Bonchev–Trinajstić information content (AvgIpc) is 1.31. The zero-order valence-corrected chi connectivity index (χ0v) is 5.24. The fourth-order valence-corrected chi connectivity index (χ4v) is 0. The van der Waals surface area contributed by atoms with Crippen molar-refractivity contribution in [3.8, 4) is 0 Å². The van der Waals surface area contributed by atoms with Gasteiger partial charge in [-0.25, -0.2) is 0 Å². The molecule has 1 N–H and O–H groups in total. The van der Waals surface area contributed by atoms with Gasteiger partial charge in [0.2, 0.25) is 0 Å². The summed E-state index contributed by atoms with van der Waals surface area (Å²) in [5.74, 6) is 0. The molecule has 0 amide bonds. The van der Waals surface area contributed by atoms with Crippen LogP contribution in [0.3, 0.4) is 0 Å². The summed E-state index contributed by atoms with van der Waals surface area (Å²) in [6.45, 7) is 0.891. The van der Waals surface area contributed by atoms with Crippen molar-refractivity contribution in [1.29, 1.82) is 0 Å². The van der Waals surface area contributed by atoms with Gasteiger partial charge in [0.05, 0.1) is 0 Å². The first-order chi connectivity index (χ1) is 2.94. The Morgan fingerprint density at radius 1 is 1.86 bits per heavy atom. The molecule has 0 rings (SSSR count). The molecular formula is C2H4ClO3P. The second-order valence-electron chi connectivity index (χ2n) is 1.13. The number of hydrogen-bond donors (Lipinski definition) is 1. The van der Waals surface area contributed by atoms with Crippen LogP contribution < -0.4 is 0 Å². The number of carbonyl (C=O) groups excluding carboxylic acids is 1. The zero-order valence-electron chi connectivity index (χ0n) is 3.59. The quantitative estimate of drug-likeness (QED) is 0.443. The average molecular weight is 142 g/mol. The summed E-state index contributed by atoms with van der Waals surface area (Å²) >= 11 is 4.60. The Balaban J connectivity index is 4.09. The van der Waals surface area contributed by atoms with Gasteiger partial charge < -0.3 is 4.89 Å². The van der Waals surface area contributed by atoms with Crippen LogP contribution in [0.4, 0.5) is 4.79 Å². The van der Waals surface area contributed by atoms with Crippen LogP contribution in [0.1, 0.15) is 0 Å². The lowest BCUT2D eigenvalue weighted by Gasteiger charge is -1.91. The minimum Gasteiger partial charge on any atom is -0.338 e. The normalized spacial score (nSPS) is 18.1. The highest BCUT2D eigenvalue weighted by Crippen LogP contribution is 2.38. The van der Waals surface area contributed by atoms with Crippen LogP contribution in [-0.4, -0.2) is 16.5 Å². The van der Waals surface area contributed by atoms with Crippen molar-refractivity contribution in [3.63, 3.8) is 0 Å². The summed E-state index contributed by atoms with van der Waals surface area (Å²) in [5, 5.41) is 0. The molecular weight excluding hydrogens is 138 g/mol. The lowest BCUT2D eigenvalue weighted by Crippen LogP contribution is -1.81. The molecule has 1 unspecified atom stereocenters. The van der Waals surface area contributed by atoms with Crippen LogP contribution in [-0.2, 0) is 4.57 Å². The molecule has 0 aliphatic carbocycles. The Bertz CT molecular complexity index is 125. The van der Waals surface area contributed by atoms with E-state index in [4.69, 9.17) is 4.89 Å². The summed E-state index contributed by atoms with van der Waals surface area (Å²) in [6, 6.07) is 0. The summed E-state index contributed by atoms with van der Waals surface area (Å²) in [4.78, 5) is 16.7. The van der Waals surface area contributed by atoms with Crippen LogP contribution in [0.15, 0.2) is 0 Å². The van der Waals surface area contributed by atoms with E-state index in [-0.39, 0.29) is 0 Å². The van der Waals surface area contributed by atoms with Crippen molar-refractivity contribution in [2.75, 3.05) is 6.66 Å². The Morgan fingerprint density at radius 2 is 2.00 bits per heavy atom. The van der Waals surface area contributed by atoms with Gasteiger partial charge in [-0.1, -0.05) is 0 Å². The van der Waals surface area contributed by atoms with E-state index in [2.05, 4.69) is 11.6 Å². The molecule has 0 heterocycles. The topological polar surface area (TPSA) is 54.4 Å². The van der Waals surface area contributed by atoms with E-state index >= 15 is 0 Å².